The van der Waals surface area contributed by atoms with Crippen LogP contribution in [0.25, 0.3) is 0 Å². The van der Waals surface area contributed by atoms with E-state index in [0.29, 0.717) is 30.2 Å². The quantitative estimate of drug-likeness (QED) is 0.438. The summed E-state index contributed by atoms with van der Waals surface area (Å²) >= 11 is 0. The molecule has 0 aliphatic heterocycles. The summed E-state index contributed by atoms with van der Waals surface area (Å²) in [5, 5.41) is 14.5. The minimum atomic E-state index is 0.182. The molecule has 0 fully saturated rings. The molecule has 2 rings (SSSR count). The molecule has 0 atom stereocenters. The van der Waals surface area contributed by atoms with Gasteiger partial charge in [-0.05, 0) is 31.0 Å². The molecule has 0 aromatic heterocycles. The molecule has 0 radical (unpaired) electrons. The number of hydrogen-bond acceptors (Lipinski definition) is 4. The van der Waals surface area contributed by atoms with Crippen molar-refractivity contribution >= 4 is 5.71 Å². The lowest BCUT2D eigenvalue weighted by molar-refractivity contribution is 0.307. The number of phenols is 1. The first-order valence-electron chi connectivity index (χ1n) is 7.98. The summed E-state index contributed by atoms with van der Waals surface area (Å²) in [6, 6.07) is 15.4. The van der Waals surface area contributed by atoms with E-state index in [1.54, 1.807) is 12.1 Å². The largest absolute Gasteiger partial charge is 0.507 e. The molecule has 0 bridgehead atoms. The van der Waals surface area contributed by atoms with Crippen LogP contribution in [0.2, 0.25) is 0 Å². The maximum Gasteiger partial charge on any atom is 0.132 e. The van der Waals surface area contributed by atoms with E-state index in [1.807, 2.05) is 43.3 Å². The van der Waals surface area contributed by atoms with Crippen LogP contribution in [0.1, 0.15) is 37.8 Å². The fourth-order valence-electron chi connectivity index (χ4n) is 2.23. The van der Waals surface area contributed by atoms with Gasteiger partial charge in [-0.25, -0.2) is 0 Å². The Balaban J connectivity index is 2.07. The van der Waals surface area contributed by atoms with Crippen LogP contribution in [-0.2, 0) is 6.54 Å². The SMILES string of the molecule is CCCCOc1cccc(O)c1/C(C)=N\NCc1ccccc1. The topological polar surface area (TPSA) is 53.9 Å². The van der Waals surface area contributed by atoms with E-state index in [-0.39, 0.29) is 5.75 Å². The van der Waals surface area contributed by atoms with Crippen molar-refractivity contribution in [1.82, 2.24) is 5.43 Å². The second-order valence-corrected chi connectivity index (χ2v) is 5.37. The highest BCUT2D eigenvalue weighted by atomic mass is 16.5. The number of phenolic OH excluding ortho intramolecular Hbond substituents is 1. The number of unbranched alkanes of at least 4 members (excludes halogenated alkanes) is 1. The van der Waals surface area contributed by atoms with Crippen LogP contribution in [0, 0.1) is 0 Å². The molecule has 2 aromatic carbocycles. The molecule has 0 saturated heterocycles. The van der Waals surface area contributed by atoms with E-state index in [0.717, 1.165) is 18.4 Å². The summed E-state index contributed by atoms with van der Waals surface area (Å²) in [6.07, 6.45) is 2.05. The van der Waals surface area contributed by atoms with Crippen molar-refractivity contribution in [3.8, 4) is 11.5 Å². The van der Waals surface area contributed by atoms with Gasteiger partial charge in [0.05, 0.1) is 24.4 Å². The third-order valence-electron chi connectivity index (χ3n) is 3.49. The maximum absolute atomic E-state index is 10.1. The van der Waals surface area contributed by atoms with Crippen LogP contribution in [0.15, 0.2) is 53.6 Å². The van der Waals surface area contributed by atoms with Gasteiger partial charge in [0.15, 0.2) is 0 Å². The van der Waals surface area contributed by atoms with Crippen LogP contribution >= 0.6 is 0 Å². The van der Waals surface area contributed by atoms with Gasteiger partial charge in [-0.15, -0.1) is 0 Å². The van der Waals surface area contributed by atoms with Gasteiger partial charge in [0, 0.05) is 0 Å². The predicted molar refractivity (Wildman–Crippen MR) is 94.0 cm³/mol. The van der Waals surface area contributed by atoms with Gasteiger partial charge in [-0.2, -0.15) is 5.10 Å². The van der Waals surface area contributed by atoms with Crippen LogP contribution < -0.4 is 10.2 Å². The number of hydrogen-bond donors (Lipinski definition) is 2. The Morgan fingerprint density at radius 1 is 1.13 bits per heavy atom. The van der Waals surface area contributed by atoms with Crippen molar-refractivity contribution in [2.45, 2.75) is 33.2 Å². The van der Waals surface area contributed by atoms with E-state index >= 15 is 0 Å². The molecule has 122 valence electrons. The Morgan fingerprint density at radius 2 is 1.91 bits per heavy atom. The van der Waals surface area contributed by atoms with E-state index < -0.39 is 0 Å². The second kappa shape index (κ2) is 8.83. The molecule has 4 heteroatoms. The Morgan fingerprint density at radius 3 is 2.65 bits per heavy atom. The zero-order valence-corrected chi connectivity index (χ0v) is 13.7. The number of rotatable bonds is 8. The number of nitrogens with one attached hydrogen (secondary N) is 1. The van der Waals surface area contributed by atoms with Crippen LogP contribution in [0.3, 0.4) is 0 Å². The standard InChI is InChI=1S/C19H24N2O2/c1-3-4-13-23-18-12-8-11-17(22)19(18)15(2)21-20-14-16-9-6-5-7-10-16/h5-12,20,22H,3-4,13-14H2,1-2H3/b21-15-. The minimum Gasteiger partial charge on any atom is -0.507 e. The highest BCUT2D eigenvalue weighted by molar-refractivity contribution is 6.03. The maximum atomic E-state index is 10.1. The van der Waals surface area contributed by atoms with Crippen molar-refractivity contribution in [1.29, 1.82) is 0 Å². The fraction of sp³-hybridized carbons (Fsp3) is 0.316. The molecule has 0 aliphatic carbocycles. The first kappa shape index (κ1) is 16.9. The summed E-state index contributed by atoms with van der Waals surface area (Å²) in [5.41, 5.74) is 5.54. The third kappa shape index (κ3) is 5.02. The molecule has 2 N–H and O–H groups in total. The Bertz CT molecular complexity index is 639. The number of nitrogens with zero attached hydrogens (tertiary/aromatic N) is 1. The average Bonchev–Trinajstić information content (AvgIpc) is 2.56. The molecule has 0 aliphatic rings. The lowest BCUT2D eigenvalue weighted by atomic mass is 10.1. The molecular weight excluding hydrogens is 288 g/mol. The van der Waals surface area contributed by atoms with E-state index in [4.69, 9.17) is 4.74 Å². The van der Waals surface area contributed by atoms with Gasteiger partial charge in [-0.3, -0.25) is 0 Å². The van der Waals surface area contributed by atoms with Crippen molar-refractivity contribution in [2.75, 3.05) is 6.61 Å². The smallest absolute Gasteiger partial charge is 0.132 e. The highest BCUT2D eigenvalue weighted by Crippen LogP contribution is 2.28. The van der Waals surface area contributed by atoms with Crippen molar-refractivity contribution in [3.63, 3.8) is 0 Å². The molecule has 0 spiro atoms. The van der Waals surface area contributed by atoms with Crippen molar-refractivity contribution in [3.05, 3.63) is 59.7 Å². The van der Waals surface area contributed by atoms with Gasteiger partial charge in [0.2, 0.25) is 0 Å². The molecule has 23 heavy (non-hydrogen) atoms. The Kier molecular flexibility index (Phi) is 6.48. The molecule has 0 heterocycles. The number of aromatic hydroxyl groups is 1. The van der Waals surface area contributed by atoms with Gasteiger partial charge < -0.3 is 15.3 Å². The van der Waals surface area contributed by atoms with E-state index in [1.165, 1.54) is 0 Å². The van der Waals surface area contributed by atoms with Gasteiger partial charge in [0.25, 0.3) is 0 Å². The number of hydrazone groups is 1. The molecule has 0 saturated carbocycles. The van der Waals surface area contributed by atoms with Crippen LogP contribution in [-0.4, -0.2) is 17.4 Å². The first-order chi connectivity index (χ1) is 11.2. The Hall–Kier alpha value is -2.49. The number of ether oxygens (including phenoxy) is 1. The zero-order valence-electron chi connectivity index (χ0n) is 13.7. The number of benzene rings is 2. The second-order valence-electron chi connectivity index (χ2n) is 5.37. The predicted octanol–water partition coefficient (Wildman–Crippen LogP) is 4.08. The lowest BCUT2D eigenvalue weighted by Gasteiger charge is -2.13. The zero-order chi connectivity index (χ0) is 16.5. The van der Waals surface area contributed by atoms with Crippen molar-refractivity contribution < 1.29 is 9.84 Å². The third-order valence-corrected chi connectivity index (χ3v) is 3.49. The highest BCUT2D eigenvalue weighted by Gasteiger charge is 2.12. The van der Waals surface area contributed by atoms with Gasteiger partial charge in [0.1, 0.15) is 11.5 Å². The monoisotopic (exact) mass is 312 g/mol. The van der Waals surface area contributed by atoms with Crippen LogP contribution in [0.4, 0.5) is 0 Å². The normalized spacial score (nSPS) is 11.3. The Labute approximate surface area is 137 Å². The average molecular weight is 312 g/mol. The summed E-state index contributed by atoms with van der Waals surface area (Å²) < 4.78 is 5.78. The fourth-order valence-corrected chi connectivity index (χ4v) is 2.23. The summed E-state index contributed by atoms with van der Waals surface area (Å²) in [5.74, 6) is 0.850. The van der Waals surface area contributed by atoms with E-state index in [9.17, 15) is 5.11 Å². The molecule has 0 amide bonds. The van der Waals surface area contributed by atoms with Gasteiger partial charge >= 0.3 is 0 Å². The lowest BCUT2D eigenvalue weighted by Crippen LogP contribution is -2.11. The summed E-state index contributed by atoms with van der Waals surface area (Å²) in [4.78, 5) is 0. The molecule has 4 nitrogen and oxygen atoms in total. The van der Waals surface area contributed by atoms with Gasteiger partial charge in [-0.1, -0.05) is 49.7 Å². The molecule has 0 unspecified atom stereocenters. The van der Waals surface area contributed by atoms with Crippen molar-refractivity contribution in [2.24, 2.45) is 5.10 Å². The van der Waals surface area contributed by atoms with Crippen LogP contribution in [0.5, 0.6) is 11.5 Å². The minimum absolute atomic E-state index is 0.182. The molecule has 2 aromatic rings. The first-order valence-corrected chi connectivity index (χ1v) is 7.98. The summed E-state index contributed by atoms with van der Waals surface area (Å²) in [7, 11) is 0. The molecular formula is C19H24N2O2. The summed E-state index contributed by atoms with van der Waals surface area (Å²) in [6.45, 7) is 5.25. The van der Waals surface area contributed by atoms with E-state index in [2.05, 4.69) is 17.5 Å².